The number of aryl methyl sites for hydroxylation is 1. The van der Waals surface area contributed by atoms with E-state index in [1.807, 2.05) is 19.1 Å². The lowest BCUT2D eigenvalue weighted by Gasteiger charge is -2.28. The highest BCUT2D eigenvalue weighted by Gasteiger charge is 2.14. The van der Waals surface area contributed by atoms with Crippen molar-refractivity contribution in [2.45, 2.75) is 13.3 Å². The second-order valence-electron chi connectivity index (χ2n) is 6.31. The van der Waals surface area contributed by atoms with Gasteiger partial charge in [0.15, 0.2) is 0 Å². The molecule has 140 valence electrons. The van der Waals surface area contributed by atoms with E-state index >= 15 is 0 Å². The summed E-state index contributed by atoms with van der Waals surface area (Å²) in [7, 11) is 0. The number of hydrogen-bond acceptors (Lipinski definition) is 6. The van der Waals surface area contributed by atoms with Crippen LogP contribution >= 0.6 is 0 Å². The SMILES string of the molecule is Cc1cc(Nc2ncn(-c3cc(F)cc(F)c3)n2)nc(N2CCCOC2)c1. The smallest absolute Gasteiger partial charge is 0.248 e. The van der Waals surface area contributed by atoms with Crippen LogP contribution in [0.3, 0.4) is 0 Å². The van der Waals surface area contributed by atoms with Gasteiger partial charge in [0.05, 0.1) is 12.3 Å². The minimum absolute atomic E-state index is 0.247. The van der Waals surface area contributed by atoms with Crippen LogP contribution < -0.4 is 10.2 Å². The normalized spacial score (nSPS) is 14.4. The summed E-state index contributed by atoms with van der Waals surface area (Å²) in [6.45, 7) is 4.12. The molecule has 3 heterocycles. The summed E-state index contributed by atoms with van der Waals surface area (Å²) in [5.74, 6) is 0.314. The number of aromatic nitrogens is 4. The van der Waals surface area contributed by atoms with Crippen LogP contribution in [0.1, 0.15) is 12.0 Å². The minimum Gasteiger partial charge on any atom is -0.361 e. The lowest BCUT2D eigenvalue weighted by molar-refractivity contribution is 0.106. The van der Waals surface area contributed by atoms with E-state index in [9.17, 15) is 8.78 Å². The number of ether oxygens (including phenoxy) is 1. The maximum atomic E-state index is 13.4. The van der Waals surface area contributed by atoms with E-state index in [0.717, 1.165) is 37.0 Å². The van der Waals surface area contributed by atoms with Crippen molar-refractivity contribution in [1.29, 1.82) is 0 Å². The Balaban J connectivity index is 1.56. The molecule has 1 aliphatic rings. The molecule has 1 saturated heterocycles. The van der Waals surface area contributed by atoms with Crippen LogP contribution in [0.5, 0.6) is 0 Å². The molecular weight excluding hydrogens is 354 g/mol. The minimum atomic E-state index is -0.677. The molecule has 2 aromatic heterocycles. The number of nitrogens with one attached hydrogen (secondary N) is 1. The number of hydrogen-bond donors (Lipinski definition) is 1. The van der Waals surface area contributed by atoms with Gasteiger partial charge in [-0.15, -0.1) is 5.10 Å². The van der Waals surface area contributed by atoms with Gasteiger partial charge in [0.2, 0.25) is 5.95 Å². The van der Waals surface area contributed by atoms with Gasteiger partial charge in [-0.05, 0) is 43.2 Å². The van der Waals surface area contributed by atoms with Crippen LogP contribution in [0.25, 0.3) is 5.69 Å². The van der Waals surface area contributed by atoms with Crippen LogP contribution in [0.2, 0.25) is 0 Å². The van der Waals surface area contributed by atoms with Crippen molar-refractivity contribution in [1.82, 2.24) is 19.7 Å². The Morgan fingerprint density at radius 3 is 2.67 bits per heavy atom. The van der Waals surface area contributed by atoms with Gasteiger partial charge in [-0.3, -0.25) is 0 Å². The largest absolute Gasteiger partial charge is 0.361 e. The zero-order chi connectivity index (χ0) is 18.8. The van der Waals surface area contributed by atoms with Crippen molar-refractivity contribution in [3.63, 3.8) is 0 Å². The Labute approximate surface area is 154 Å². The number of pyridine rings is 1. The second-order valence-corrected chi connectivity index (χ2v) is 6.31. The van der Waals surface area contributed by atoms with Crippen LogP contribution in [0.15, 0.2) is 36.7 Å². The molecule has 0 amide bonds. The molecule has 4 rings (SSSR count). The van der Waals surface area contributed by atoms with Crippen LogP contribution in [-0.4, -0.2) is 39.6 Å². The molecule has 0 unspecified atom stereocenters. The Kier molecular flexibility index (Phi) is 4.68. The molecule has 0 aliphatic carbocycles. The van der Waals surface area contributed by atoms with E-state index in [0.29, 0.717) is 12.5 Å². The molecule has 0 radical (unpaired) electrons. The Bertz CT molecular complexity index is 935. The van der Waals surface area contributed by atoms with Gasteiger partial charge >= 0.3 is 0 Å². The highest BCUT2D eigenvalue weighted by atomic mass is 19.1. The summed E-state index contributed by atoms with van der Waals surface area (Å²) >= 11 is 0. The van der Waals surface area contributed by atoms with Gasteiger partial charge in [0.1, 0.15) is 36.3 Å². The van der Waals surface area contributed by atoms with Gasteiger partial charge < -0.3 is 15.0 Å². The number of halogens is 2. The molecule has 1 aromatic carbocycles. The topological polar surface area (TPSA) is 68.1 Å². The molecule has 0 spiro atoms. The molecule has 1 fully saturated rings. The number of benzene rings is 1. The first kappa shape index (κ1) is 17.3. The predicted molar refractivity (Wildman–Crippen MR) is 96.3 cm³/mol. The van der Waals surface area contributed by atoms with Crippen LogP contribution in [-0.2, 0) is 4.74 Å². The average molecular weight is 372 g/mol. The lowest BCUT2D eigenvalue weighted by Crippen LogP contribution is -2.33. The van der Waals surface area contributed by atoms with E-state index < -0.39 is 11.6 Å². The molecule has 1 N–H and O–H groups in total. The predicted octanol–water partition coefficient (Wildman–Crippen LogP) is 3.18. The standard InChI is InChI=1S/C18H18F2N6O/c1-12-5-16(22-17(6-12)25-3-2-4-27-11-25)23-18-21-10-26(24-18)15-8-13(19)7-14(20)9-15/h5-10H,2-4,11H2,1H3,(H,22,23,24). The van der Waals surface area contributed by atoms with Crippen molar-refractivity contribution in [3.05, 3.63) is 53.9 Å². The molecule has 0 atom stereocenters. The first-order valence-electron chi connectivity index (χ1n) is 8.53. The summed E-state index contributed by atoms with van der Waals surface area (Å²) in [6.07, 6.45) is 2.33. The molecule has 27 heavy (non-hydrogen) atoms. The Morgan fingerprint density at radius 2 is 1.93 bits per heavy atom. The molecule has 7 nitrogen and oxygen atoms in total. The highest BCUT2D eigenvalue weighted by molar-refractivity contribution is 5.55. The zero-order valence-electron chi connectivity index (χ0n) is 14.7. The first-order chi connectivity index (χ1) is 13.1. The zero-order valence-corrected chi connectivity index (χ0v) is 14.7. The summed E-state index contributed by atoms with van der Waals surface area (Å²) in [6, 6.07) is 7.03. The number of nitrogens with zero attached hydrogens (tertiary/aromatic N) is 5. The first-order valence-corrected chi connectivity index (χ1v) is 8.53. The molecule has 9 heteroatoms. The van der Waals surface area contributed by atoms with Crippen LogP contribution in [0, 0.1) is 18.6 Å². The van der Waals surface area contributed by atoms with Gasteiger partial charge in [-0.2, -0.15) is 4.98 Å². The van der Waals surface area contributed by atoms with Crippen molar-refractivity contribution >= 4 is 17.6 Å². The Hall–Kier alpha value is -3.07. The summed E-state index contributed by atoms with van der Waals surface area (Å²) in [5.41, 5.74) is 1.27. The van der Waals surface area contributed by atoms with Crippen molar-refractivity contribution in [2.75, 3.05) is 30.1 Å². The third-order valence-corrected chi connectivity index (χ3v) is 4.09. The van der Waals surface area contributed by atoms with Gasteiger partial charge in [-0.25, -0.2) is 18.4 Å². The summed E-state index contributed by atoms with van der Waals surface area (Å²) < 4.78 is 33.6. The Morgan fingerprint density at radius 1 is 1.11 bits per heavy atom. The van der Waals surface area contributed by atoms with Gasteiger partial charge in [0, 0.05) is 12.6 Å². The fourth-order valence-corrected chi connectivity index (χ4v) is 2.88. The molecule has 0 bridgehead atoms. The molecule has 3 aromatic rings. The third-order valence-electron chi connectivity index (χ3n) is 4.09. The maximum absolute atomic E-state index is 13.4. The van der Waals surface area contributed by atoms with E-state index in [1.165, 1.54) is 23.1 Å². The molecule has 0 saturated carbocycles. The fraction of sp³-hybridized carbons (Fsp3) is 0.278. The van der Waals surface area contributed by atoms with E-state index in [2.05, 4.69) is 25.3 Å². The highest BCUT2D eigenvalue weighted by Crippen LogP contribution is 2.21. The second kappa shape index (κ2) is 7.28. The lowest BCUT2D eigenvalue weighted by atomic mass is 10.2. The van der Waals surface area contributed by atoms with E-state index in [4.69, 9.17) is 4.74 Å². The number of anilines is 3. The third kappa shape index (κ3) is 4.03. The quantitative estimate of drug-likeness (QED) is 0.759. The summed E-state index contributed by atoms with van der Waals surface area (Å²) in [4.78, 5) is 10.8. The monoisotopic (exact) mass is 372 g/mol. The van der Waals surface area contributed by atoms with Gasteiger partial charge in [0.25, 0.3) is 0 Å². The molecular formula is C18H18F2N6O. The van der Waals surface area contributed by atoms with Crippen molar-refractivity contribution in [3.8, 4) is 5.69 Å². The van der Waals surface area contributed by atoms with Crippen molar-refractivity contribution < 1.29 is 13.5 Å². The average Bonchev–Trinajstić information content (AvgIpc) is 3.10. The van der Waals surface area contributed by atoms with E-state index in [1.54, 1.807) is 0 Å². The fourth-order valence-electron chi connectivity index (χ4n) is 2.88. The summed E-state index contributed by atoms with van der Waals surface area (Å²) in [5, 5.41) is 7.25. The van der Waals surface area contributed by atoms with Crippen LogP contribution in [0.4, 0.5) is 26.4 Å². The number of rotatable bonds is 4. The van der Waals surface area contributed by atoms with Gasteiger partial charge in [-0.1, -0.05) is 0 Å². The van der Waals surface area contributed by atoms with Crippen molar-refractivity contribution in [2.24, 2.45) is 0 Å². The maximum Gasteiger partial charge on any atom is 0.248 e. The molecule has 1 aliphatic heterocycles. The van der Waals surface area contributed by atoms with E-state index in [-0.39, 0.29) is 11.6 Å².